The van der Waals surface area contributed by atoms with E-state index >= 15 is 0 Å². The third kappa shape index (κ3) is 7.33. The molecule has 0 bridgehead atoms. The first-order valence-electron chi connectivity index (χ1n) is 20.6. The molecule has 342 valence electrons. The van der Waals surface area contributed by atoms with E-state index in [2.05, 4.69) is 46.8 Å². The molecule has 6 aliphatic rings. The van der Waals surface area contributed by atoms with Crippen LogP contribution < -0.4 is 16.0 Å². The van der Waals surface area contributed by atoms with Crippen LogP contribution in [0.2, 0.25) is 0 Å². The lowest BCUT2D eigenvalue weighted by Crippen LogP contribution is -2.35. The summed E-state index contributed by atoms with van der Waals surface area (Å²) >= 11 is 3.40. The Labute approximate surface area is 397 Å². The zero-order valence-electron chi connectivity index (χ0n) is 34.4. The number of aromatic nitrogens is 3. The molecule has 16 nitrogen and oxygen atoms in total. The van der Waals surface area contributed by atoms with Crippen LogP contribution in [0.4, 0.5) is 17.5 Å². The Morgan fingerprint density at radius 3 is 1.34 bits per heavy atom. The molecule has 0 saturated carbocycles. The van der Waals surface area contributed by atoms with Gasteiger partial charge in [-0.1, -0.05) is 39.1 Å². The maximum atomic E-state index is 12.6. The molecule has 6 heterocycles. The maximum absolute atomic E-state index is 12.6. The molecule has 0 saturated heterocycles. The number of nitriles is 1. The monoisotopic (exact) mass is 975 g/mol. The number of halogens is 1. The fraction of sp³-hybridized carbons (Fsp3) is 0.216. The van der Waals surface area contributed by atoms with E-state index in [1.165, 1.54) is 6.20 Å². The molecule has 3 amide bonds. The van der Waals surface area contributed by atoms with Gasteiger partial charge >= 0.3 is 17.9 Å². The Bertz CT molecular complexity index is 3260. The van der Waals surface area contributed by atoms with Crippen LogP contribution in [0.1, 0.15) is 102 Å². The quantitative estimate of drug-likeness (QED) is 0.103. The number of nitrogens with one attached hydrogen (secondary N) is 3. The van der Waals surface area contributed by atoms with Crippen molar-refractivity contribution in [2.45, 2.75) is 69.6 Å². The minimum absolute atomic E-state index is 0. The third-order valence-corrected chi connectivity index (χ3v) is 14.0. The number of rotatable bonds is 3. The van der Waals surface area contributed by atoms with E-state index in [9.17, 15) is 28.8 Å². The standard InChI is InChI=1S/C17H11N3O3.C16H11BrN2O3.C16H12N2O3.2CH4/c18-7-9-3-13-14(19-8-9)20-16(23)17(13)5-11-2-1-10(15(21)22)4-12(11)6-17;17-11-4-12-13(18-7-11)19-15(22)16(12)5-9-2-1-8(14(20)21)3-10(9)6-16;19-14(20)9-3-4-10-7-16(8-11(10)6-9)12-2-1-5-17-13(12)18-15(16)21;;/h1-4,8H,5-6H2,(H,21,22)(H,19,20,23);1-4,7H,5-6H2,(H,20,21)(H,18,19,22);1-6H,7-8H2,(H,19,20)(H,17,18,21);2*1H4/t17-;2*16-;;/m111../s1. The number of carboxylic acids is 3. The van der Waals surface area contributed by atoms with Crippen molar-refractivity contribution >= 4 is 69.0 Å². The molecule has 3 aromatic heterocycles. The number of anilines is 3. The Kier molecular flexibility index (Phi) is 11.6. The van der Waals surface area contributed by atoms with Gasteiger partial charge in [0.2, 0.25) is 17.7 Å². The van der Waals surface area contributed by atoms with Gasteiger partial charge in [-0.15, -0.1) is 0 Å². The molecule has 0 unspecified atom stereocenters. The van der Waals surface area contributed by atoms with Gasteiger partial charge in [0.1, 0.15) is 23.5 Å². The van der Waals surface area contributed by atoms with Crippen molar-refractivity contribution in [3.63, 3.8) is 0 Å². The van der Waals surface area contributed by atoms with Crippen LogP contribution in [-0.2, 0) is 69.2 Å². The lowest BCUT2D eigenvalue weighted by molar-refractivity contribution is -0.121. The van der Waals surface area contributed by atoms with Crippen molar-refractivity contribution in [1.82, 2.24) is 15.0 Å². The van der Waals surface area contributed by atoms with Crippen LogP contribution in [0.5, 0.6) is 0 Å². The number of aromatic carboxylic acids is 3. The molecule has 12 rings (SSSR count). The van der Waals surface area contributed by atoms with Crippen molar-refractivity contribution < 1.29 is 44.1 Å². The lowest BCUT2D eigenvalue weighted by Gasteiger charge is -2.20. The van der Waals surface area contributed by atoms with E-state index in [0.717, 1.165) is 54.5 Å². The third-order valence-electron chi connectivity index (χ3n) is 13.5. The molecule has 0 radical (unpaired) electrons. The molecular formula is C51H42BrN7O9. The number of benzene rings is 3. The molecular weight excluding hydrogens is 935 g/mol. The summed E-state index contributed by atoms with van der Waals surface area (Å²) in [4.78, 5) is 83.6. The van der Waals surface area contributed by atoms with Crippen molar-refractivity contribution in [2.24, 2.45) is 0 Å². The molecule has 6 aromatic rings. The number of carboxylic acid groups (broad SMARTS) is 3. The van der Waals surface area contributed by atoms with Crippen LogP contribution in [0.3, 0.4) is 0 Å². The van der Waals surface area contributed by atoms with Gasteiger partial charge in [0.15, 0.2) is 0 Å². The van der Waals surface area contributed by atoms with E-state index < -0.39 is 34.2 Å². The van der Waals surface area contributed by atoms with Crippen LogP contribution in [0.25, 0.3) is 0 Å². The first-order chi connectivity index (χ1) is 31.6. The van der Waals surface area contributed by atoms with Crippen molar-refractivity contribution in [3.05, 3.63) is 174 Å². The average Bonchev–Trinajstić information content (AvgIpc) is 4.14. The number of hydrogen-bond donors (Lipinski definition) is 6. The molecule has 0 fully saturated rings. The largest absolute Gasteiger partial charge is 0.478 e. The van der Waals surface area contributed by atoms with E-state index in [4.69, 9.17) is 20.6 Å². The molecule has 3 spiro atoms. The second-order valence-electron chi connectivity index (χ2n) is 17.2. The smallest absolute Gasteiger partial charge is 0.335 e. The zero-order chi connectivity index (χ0) is 46.3. The van der Waals surface area contributed by atoms with Gasteiger partial charge in [0.25, 0.3) is 0 Å². The summed E-state index contributed by atoms with van der Waals surface area (Å²) in [5.41, 5.74) is 7.24. The summed E-state index contributed by atoms with van der Waals surface area (Å²) in [6, 6.07) is 24.5. The summed E-state index contributed by atoms with van der Waals surface area (Å²) in [6.45, 7) is 0. The predicted octanol–water partition coefficient (Wildman–Crippen LogP) is 7.21. The van der Waals surface area contributed by atoms with E-state index in [1.807, 2.05) is 36.4 Å². The number of carbonyl (C=O) groups is 6. The highest BCUT2D eigenvalue weighted by atomic mass is 79.9. The highest BCUT2D eigenvalue weighted by Gasteiger charge is 2.53. The number of fused-ring (bicyclic) bond motifs is 9. The topological polar surface area (TPSA) is 262 Å². The Morgan fingerprint density at radius 1 is 0.529 bits per heavy atom. The molecule has 3 aliphatic carbocycles. The number of amides is 3. The molecule has 68 heavy (non-hydrogen) atoms. The number of nitrogens with zero attached hydrogens (tertiary/aromatic N) is 4. The minimum atomic E-state index is -0.988. The van der Waals surface area contributed by atoms with E-state index in [1.54, 1.807) is 60.9 Å². The highest BCUT2D eigenvalue weighted by molar-refractivity contribution is 9.10. The van der Waals surface area contributed by atoms with Gasteiger partial charge in [-0.2, -0.15) is 5.26 Å². The van der Waals surface area contributed by atoms with Crippen LogP contribution in [0.15, 0.2) is 102 Å². The fourth-order valence-corrected chi connectivity index (χ4v) is 10.6. The second kappa shape index (κ2) is 17.0. The van der Waals surface area contributed by atoms with Gasteiger partial charge in [0.05, 0.1) is 38.5 Å². The molecule has 3 aromatic carbocycles. The minimum Gasteiger partial charge on any atom is -0.478 e. The molecule has 17 heteroatoms. The van der Waals surface area contributed by atoms with Crippen LogP contribution >= 0.6 is 15.9 Å². The SMILES string of the molecule is C.C.N#Cc1cnc2c(c1)[C@]1(Cc3ccc(C(=O)O)cc3C1)C(=O)N2.O=C(O)c1ccc2c(c1)C[C@@]1(C2)C(=O)Nc2ncc(Br)cc21.O=C(O)c1ccc2c(c1)C[C@@]1(C2)C(=O)Nc2ncccc21. The van der Waals surface area contributed by atoms with Gasteiger partial charge in [-0.3, -0.25) is 14.4 Å². The zero-order valence-corrected chi connectivity index (χ0v) is 36.0. The van der Waals surface area contributed by atoms with Crippen LogP contribution in [-0.4, -0.2) is 65.9 Å². The predicted molar refractivity (Wildman–Crippen MR) is 252 cm³/mol. The van der Waals surface area contributed by atoms with Crippen LogP contribution in [0, 0.1) is 11.3 Å². The summed E-state index contributed by atoms with van der Waals surface area (Å²) in [5, 5.41) is 44.9. The Balaban J connectivity index is 0.000000136. The maximum Gasteiger partial charge on any atom is 0.335 e. The molecule has 3 aliphatic heterocycles. The van der Waals surface area contributed by atoms with Gasteiger partial charge in [-0.25, -0.2) is 29.3 Å². The lowest BCUT2D eigenvalue weighted by atomic mass is 9.79. The summed E-state index contributed by atoms with van der Waals surface area (Å²) in [5.74, 6) is -1.46. The summed E-state index contributed by atoms with van der Waals surface area (Å²) in [7, 11) is 0. The Morgan fingerprint density at radius 2 is 0.912 bits per heavy atom. The van der Waals surface area contributed by atoms with Gasteiger partial charge in [-0.05, 0) is 142 Å². The Hall–Kier alpha value is -8.10. The number of carbonyl (C=O) groups excluding carboxylic acids is 3. The van der Waals surface area contributed by atoms with Gasteiger partial charge in [0, 0.05) is 39.8 Å². The van der Waals surface area contributed by atoms with Crippen molar-refractivity contribution in [1.29, 1.82) is 5.26 Å². The van der Waals surface area contributed by atoms with Crippen molar-refractivity contribution in [3.8, 4) is 6.07 Å². The normalized spacial score (nSPS) is 20.8. The second-order valence-corrected chi connectivity index (χ2v) is 18.1. The highest BCUT2D eigenvalue weighted by Crippen LogP contribution is 2.49. The fourth-order valence-electron chi connectivity index (χ4n) is 10.3. The van der Waals surface area contributed by atoms with Gasteiger partial charge < -0.3 is 31.3 Å². The number of hydrogen-bond acceptors (Lipinski definition) is 10. The molecule has 6 N–H and O–H groups in total. The van der Waals surface area contributed by atoms with Crippen molar-refractivity contribution in [2.75, 3.05) is 16.0 Å². The van der Waals surface area contributed by atoms with E-state index in [0.29, 0.717) is 61.5 Å². The average molecular weight is 977 g/mol. The molecule has 3 atom stereocenters. The first-order valence-corrected chi connectivity index (χ1v) is 21.4. The van der Waals surface area contributed by atoms with E-state index in [-0.39, 0.29) is 49.3 Å². The number of pyridine rings is 3. The summed E-state index contributed by atoms with van der Waals surface area (Å²) in [6.07, 6.45) is 7.82. The first kappa shape index (κ1) is 46.4. The summed E-state index contributed by atoms with van der Waals surface area (Å²) < 4.78 is 0.823.